The van der Waals surface area contributed by atoms with Crippen LogP contribution in [0.1, 0.15) is 17.8 Å². The molecule has 0 fully saturated rings. The molecule has 25 heavy (non-hydrogen) atoms. The quantitative estimate of drug-likeness (QED) is 0.633. The molecule has 3 aromatic rings. The van der Waals surface area contributed by atoms with Crippen LogP contribution >= 0.6 is 11.6 Å². The molecule has 0 unspecified atom stereocenters. The molecule has 0 radical (unpaired) electrons. The summed E-state index contributed by atoms with van der Waals surface area (Å²) in [6.07, 6.45) is 0.949. The van der Waals surface area contributed by atoms with Gasteiger partial charge in [-0.05, 0) is 46.7 Å². The van der Waals surface area contributed by atoms with Crippen LogP contribution in [0.2, 0.25) is 5.02 Å². The molecule has 0 bridgehead atoms. The van der Waals surface area contributed by atoms with E-state index in [2.05, 4.69) is 15.5 Å². The van der Waals surface area contributed by atoms with Crippen molar-refractivity contribution in [3.63, 3.8) is 0 Å². The van der Waals surface area contributed by atoms with Gasteiger partial charge in [-0.1, -0.05) is 41.9 Å². The van der Waals surface area contributed by atoms with Gasteiger partial charge in [-0.3, -0.25) is 0 Å². The highest BCUT2D eigenvalue weighted by molar-refractivity contribution is 7.90. The first-order valence-corrected chi connectivity index (χ1v) is 10.0. The van der Waals surface area contributed by atoms with Gasteiger partial charge in [-0.2, -0.15) is 4.68 Å². The molecular formula is C17H17ClN4O2S. The minimum atomic E-state index is -3.20. The molecule has 0 spiro atoms. The van der Waals surface area contributed by atoms with Crippen LogP contribution in [0.25, 0.3) is 5.69 Å². The highest BCUT2D eigenvalue weighted by Crippen LogP contribution is 2.14. The van der Waals surface area contributed by atoms with Gasteiger partial charge in [0.2, 0.25) is 0 Å². The Balaban J connectivity index is 1.60. The summed E-state index contributed by atoms with van der Waals surface area (Å²) in [4.78, 5) is 0. The lowest BCUT2D eigenvalue weighted by Crippen LogP contribution is -2.11. The Kier molecular flexibility index (Phi) is 5.45. The van der Waals surface area contributed by atoms with Crippen molar-refractivity contribution < 1.29 is 8.42 Å². The summed E-state index contributed by atoms with van der Waals surface area (Å²) in [6.45, 7) is 0. The number of aryl methyl sites for hydroxylation is 1. The zero-order valence-electron chi connectivity index (χ0n) is 13.4. The smallest absolute Gasteiger partial charge is 0.156 e. The predicted molar refractivity (Wildman–Crippen MR) is 96.4 cm³/mol. The molecule has 2 aromatic carbocycles. The number of tetrazole rings is 1. The van der Waals surface area contributed by atoms with Crippen molar-refractivity contribution in [2.45, 2.75) is 18.6 Å². The van der Waals surface area contributed by atoms with Gasteiger partial charge in [0.1, 0.15) is 0 Å². The molecule has 0 aliphatic rings. The molecule has 0 N–H and O–H groups in total. The van der Waals surface area contributed by atoms with E-state index in [1.165, 1.54) is 0 Å². The second kappa shape index (κ2) is 7.76. The molecule has 0 saturated carbocycles. The van der Waals surface area contributed by atoms with Gasteiger partial charge in [0, 0.05) is 11.4 Å². The van der Waals surface area contributed by atoms with E-state index >= 15 is 0 Å². The molecule has 1 heterocycles. The maximum Gasteiger partial charge on any atom is 0.156 e. The number of para-hydroxylation sites is 1. The van der Waals surface area contributed by atoms with E-state index < -0.39 is 9.84 Å². The van der Waals surface area contributed by atoms with Gasteiger partial charge in [0.15, 0.2) is 15.7 Å². The largest absolute Gasteiger partial charge is 0.228 e. The van der Waals surface area contributed by atoms with E-state index in [0.717, 1.165) is 11.3 Å². The minimum absolute atomic E-state index is 0.00773. The van der Waals surface area contributed by atoms with Crippen molar-refractivity contribution in [3.05, 3.63) is 71.0 Å². The Labute approximate surface area is 151 Å². The van der Waals surface area contributed by atoms with Crippen molar-refractivity contribution in [1.82, 2.24) is 20.2 Å². The summed E-state index contributed by atoms with van der Waals surface area (Å²) in [6, 6.07) is 16.4. The standard InChI is InChI=1S/C17H17ClN4O2S/c18-15-10-8-14(9-11-15)13-25(23,24)12-4-7-17-19-20-21-22(17)16-5-2-1-3-6-16/h1-3,5-6,8-11H,4,7,12-13H2. The molecule has 0 aliphatic heterocycles. The van der Waals surface area contributed by atoms with E-state index in [4.69, 9.17) is 11.6 Å². The highest BCUT2D eigenvalue weighted by Gasteiger charge is 2.14. The minimum Gasteiger partial charge on any atom is -0.228 e. The molecule has 1 aromatic heterocycles. The lowest BCUT2D eigenvalue weighted by Gasteiger charge is -2.06. The number of nitrogens with zero attached hydrogens (tertiary/aromatic N) is 4. The van der Waals surface area contributed by atoms with Crippen LogP contribution in [-0.4, -0.2) is 34.4 Å². The molecule has 0 aliphatic carbocycles. The third-order valence-electron chi connectivity index (χ3n) is 3.69. The highest BCUT2D eigenvalue weighted by atomic mass is 35.5. The van der Waals surface area contributed by atoms with Crippen molar-refractivity contribution >= 4 is 21.4 Å². The Hall–Kier alpha value is -2.25. The van der Waals surface area contributed by atoms with Crippen LogP contribution in [0, 0.1) is 0 Å². The van der Waals surface area contributed by atoms with Crippen molar-refractivity contribution in [1.29, 1.82) is 0 Å². The maximum absolute atomic E-state index is 12.3. The number of hydrogen-bond acceptors (Lipinski definition) is 5. The van der Waals surface area contributed by atoms with Crippen molar-refractivity contribution in [2.24, 2.45) is 0 Å². The number of sulfone groups is 1. The second-order valence-electron chi connectivity index (χ2n) is 5.66. The Morgan fingerprint density at radius 1 is 1.00 bits per heavy atom. The number of rotatable bonds is 7. The van der Waals surface area contributed by atoms with Crippen LogP contribution in [0.15, 0.2) is 54.6 Å². The van der Waals surface area contributed by atoms with Crippen molar-refractivity contribution in [3.8, 4) is 5.69 Å². The van der Waals surface area contributed by atoms with Gasteiger partial charge in [0.25, 0.3) is 0 Å². The normalized spacial score (nSPS) is 11.6. The lowest BCUT2D eigenvalue weighted by atomic mass is 10.2. The Morgan fingerprint density at radius 2 is 1.72 bits per heavy atom. The van der Waals surface area contributed by atoms with Crippen LogP contribution in [0.5, 0.6) is 0 Å². The zero-order chi connectivity index (χ0) is 17.7. The number of hydrogen-bond donors (Lipinski definition) is 0. The van der Waals surface area contributed by atoms with Crippen LogP contribution in [0.3, 0.4) is 0 Å². The van der Waals surface area contributed by atoms with Gasteiger partial charge < -0.3 is 0 Å². The van der Waals surface area contributed by atoms with Crippen LogP contribution < -0.4 is 0 Å². The average molecular weight is 377 g/mol. The maximum atomic E-state index is 12.3. The number of benzene rings is 2. The summed E-state index contributed by atoms with van der Waals surface area (Å²) in [5, 5.41) is 12.3. The van der Waals surface area contributed by atoms with Crippen molar-refractivity contribution in [2.75, 3.05) is 5.75 Å². The molecular weight excluding hydrogens is 360 g/mol. The average Bonchev–Trinajstić information content (AvgIpc) is 3.06. The Morgan fingerprint density at radius 3 is 2.44 bits per heavy atom. The fraction of sp³-hybridized carbons (Fsp3) is 0.235. The first kappa shape index (κ1) is 17.6. The molecule has 6 nitrogen and oxygen atoms in total. The summed E-state index contributed by atoms with van der Waals surface area (Å²) in [5.41, 5.74) is 1.59. The first-order valence-electron chi connectivity index (χ1n) is 7.81. The predicted octanol–water partition coefficient (Wildman–Crippen LogP) is 2.86. The van der Waals surface area contributed by atoms with Crippen LogP contribution in [-0.2, 0) is 22.0 Å². The van der Waals surface area contributed by atoms with Gasteiger partial charge >= 0.3 is 0 Å². The molecule has 0 amide bonds. The Bertz CT molecular complexity index is 925. The zero-order valence-corrected chi connectivity index (χ0v) is 15.0. The third kappa shape index (κ3) is 4.87. The number of halogens is 1. The fourth-order valence-corrected chi connectivity index (χ4v) is 4.04. The summed E-state index contributed by atoms with van der Waals surface area (Å²) >= 11 is 5.82. The number of aromatic nitrogens is 4. The van der Waals surface area contributed by atoms with Gasteiger partial charge in [-0.15, -0.1) is 5.10 Å². The molecule has 8 heteroatoms. The summed E-state index contributed by atoms with van der Waals surface area (Å²) in [5.74, 6) is 0.735. The van der Waals surface area contributed by atoms with Gasteiger partial charge in [-0.25, -0.2) is 8.42 Å². The monoisotopic (exact) mass is 376 g/mol. The molecule has 130 valence electrons. The lowest BCUT2D eigenvalue weighted by molar-refractivity contribution is 0.591. The fourth-order valence-electron chi connectivity index (χ4n) is 2.49. The first-order chi connectivity index (χ1) is 12.0. The second-order valence-corrected chi connectivity index (χ2v) is 8.29. The molecule has 0 saturated heterocycles. The van der Waals surface area contributed by atoms with Gasteiger partial charge in [0.05, 0.1) is 17.2 Å². The van der Waals surface area contributed by atoms with Crippen LogP contribution in [0.4, 0.5) is 0 Å². The summed E-state index contributed by atoms with van der Waals surface area (Å²) in [7, 11) is -3.20. The summed E-state index contributed by atoms with van der Waals surface area (Å²) < 4.78 is 26.2. The third-order valence-corrected chi connectivity index (χ3v) is 5.63. The van der Waals surface area contributed by atoms with E-state index in [1.807, 2.05) is 30.3 Å². The topological polar surface area (TPSA) is 77.7 Å². The molecule has 0 atom stereocenters. The SMILES string of the molecule is O=S(=O)(CCCc1nnnn1-c1ccccc1)Cc1ccc(Cl)cc1. The van der Waals surface area contributed by atoms with E-state index in [1.54, 1.807) is 28.9 Å². The molecule has 3 rings (SSSR count). The van der Waals surface area contributed by atoms with E-state index in [9.17, 15) is 8.42 Å². The van der Waals surface area contributed by atoms with E-state index in [0.29, 0.717) is 23.7 Å². The van der Waals surface area contributed by atoms with E-state index in [-0.39, 0.29) is 11.5 Å².